The zero-order chi connectivity index (χ0) is 19.5. The lowest BCUT2D eigenvalue weighted by molar-refractivity contribution is -0.222. The summed E-state index contributed by atoms with van der Waals surface area (Å²) < 4.78 is 29.1. The summed E-state index contributed by atoms with van der Waals surface area (Å²) in [5.74, 6) is -1.38. The van der Waals surface area contributed by atoms with Crippen LogP contribution in [0.4, 0.5) is 8.78 Å². The molecule has 28 heavy (non-hydrogen) atoms. The van der Waals surface area contributed by atoms with E-state index in [-0.39, 0.29) is 11.3 Å². The molecular formula is C20H17F2N5O. The Bertz CT molecular complexity index is 1010. The summed E-state index contributed by atoms with van der Waals surface area (Å²) in [4.78, 5) is 17.2. The quantitative estimate of drug-likeness (QED) is 0.817. The molecule has 1 amide bonds. The van der Waals surface area contributed by atoms with Gasteiger partial charge in [-0.15, -0.1) is 0 Å². The number of benzene rings is 1. The first-order valence-corrected chi connectivity index (χ1v) is 9.16. The average molecular weight is 381 g/mol. The van der Waals surface area contributed by atoms with E-state index >= 15 is 0 Å². The monoisotopic (exact) mass is 381 g/mol. The lowest BCUT2D eigenvalue weighted by Gasteiger charge is -2.69. The number of nitrogens with zero attached hydrogens (tertiary/aromatic N) is 5. The highest BCUT2D eigenvalue weighted by molar-refractivity contribution is 5.88. The number of carbonyl (C=O) groups is 1. The molecule has 0 N–H and O–H groups in total. The van der Waals surface area contributed by atoms with Crippen molar-refractivity contribution in [2.24, 2.45) is 15.9 Å². The van der Waals surface area contributed by atoms with Crippen LogP contribution in [-0.4, -0.2) is 26.7 Å². The van der Waals surface area contributed by atoms with E-state index in [0.29, 0.717) is 17.7 Å². The van der Waals surface area contributed by atoms with Crippen molar-refractivity contribution in [2.75, 3.05) is 0 Å². The molecule has 6 rings (SSSR count). The Hall–Kier alpha value is -3.08. The van der Waals surface area contributed by atoms with E-state index in [1.165, 1.54) is 17.1 Å². The van der Waals surface area contributed by atoms with Crippen molar-refractivity contribution in [3.05, 3.63) is 53.6 Å². The number of hydrogen-bond donors (Lipinski definition) is 0. The standard InChI is InChI=1S/C20H17F2N5O/c21-14-3-13(4-15(22)5-14)17-1-2-25-27(17)18(28)20-8-19(9-20,10-20)11-26-7-16(6-23)24-12-26/h2-5,7,12,17H,1,8-11H2. The Morgan fingerprint density at radius 3 is 2.61 bits per heavy atom. The van der Waals surface area contributed by atoms with Gasteiger partial charge in [0.05, 0.1) is 17.8 Å². The number of nitriles is 1. The molecule has 0 spiro atoms. The number of imidazole rings is 1. The molecule has 8 heteroatoms. The van der Waals surface area contributed by atoms with Crippen LogP contribution in [0, 0.1) is 33.8 Å². The van der Waals surface area contributed by atoms with Crippen LogP contribution < -0.4 is 0 Å². The van der Waals surface area contributed by atoms with Crippen LogP contribution in [0.25, 0.3) is 0 Å². The maximum absolute atomic E-state index is 13.6. The summed E-state index contributed by atoms with van der Waals surface area (Å²) in [5.41, 5.74) is 0.443. The molecule has 1 aromatic heterocycles. The molecule has 3 saturated carbocycles. The highest BCUT2D eigenvalue weighted by Crippen LogP contribution is 2.74. The van der Waals surface area contributed by atoms with Crippen molar-refractivity contribution in [3.8, 4) is 6.07 Å². The van der Waals surface area contributed by atoms with Crippen LogP contribution in [0.3, 0.4) is 0 Å². The fourth-order valence-electron chi connectivity index (χ4n) is 5.18. The maximum Gasteiger partial charge on any atom is 0.249 e. The third-order valence-electron chi connectivity index (χ3n) is 6.17. The number of rotatable bonds is 4. The second-order valence-corrected chi connectivity index (χ2v) is 8.26. The smallest absolute Gasteiger partial charge is 0.249 e. The lowest BCUT2D eigenvalue weighted by Crippen LogP contribution is -2.68. The predicted molar refractivity (Wildman–Crippen MR) is 94.7 cm³/mol. The van der Waals surface area contributed by atoms with Crippen molar-refractivity contribution in [1.29, 1.82) is 5.26 Å². The van der Waals surface area contributed by atoms with Crippen molar-refractivity contribution in [3.63, 3.8) is 0 Å². The Labute approximate surface area is 160 Å². The van der Waals surface area contributed by atoms with Gasteiger partial charge in [-0.1, -0.05) is 0 Å². The number of amides is 1. The van der Waals surface area contributed by atoms with Crippen molar-refractivity contribution >= 4 is 12.1 Å². The molecule has 2 bridgehead atoms. The van der Waals surface area contributed by atoms with Gasteiger partial charge in [0.1, 0.15) is 17.7 Å². The van der Waals surface area contributed by atoms with Gasteiger partial charge in [0.15, 0.2) is 5.69 Å². The molecule has 1 aromatic carbocycles. The average Bonchev–Trinajstić information content (AvgIpc) is 3.24. The first-order valence-electron chi connectivity index (χ1n) is 9.16. The van der Waals surface area contributed by atoms with Gasteiger partial charge in [-0.3, -0.25) is 4.79 Å². The molecule has 3 aliphatic carbocycles. The van der Waals surface area contributed by atoms with Crippen LogP contribution in [0.1, 0.15) is 43.0 Å². The van der Waals surface area contributed by atoms with Crippen LogP contribution in [-0.2, 0) is 11.3 Å². The topological polar surface area (TPSA) is 74.3 Å². The maximum atomic E-state index is 13.6. The van der Waals surface area contributed by atoms with Crippen molar-refractivity contribution in [1.82, 2.24) is 14.6 Å². The molecule has 1 unspecified atom stereocenters. The molecule has 6 nitrogen and oxygen atoms in total. The van der Waals surface area contributed by atoms with Crippen LogP contribution in [0.15, 0.2) is 35.8 Å². The minimum Gasteiger partial charge on any atom is -0.336 e. The van der Waals surface area contributed by atoms with E-state index < -0.39 is 23.1 Å². The van der Waals surface area contributed by atoms with Crippen molar-refractivity contribution < 1.29 is 13.6 Å². The van der Waals surface area contributed by atoms with E-state index in [9.17, 15) is 13.6 Å². The molecule has 4 aliphatic rings. The fourth-order valence-corrected chi connectivity index (χ4v) is 5.18. The SMILES string of the molecule is N#Cc1cn(CC23CC(C(=O)N4N=CCC4c4cc(F)cc(F)c4)(C2)C3)cn1. The largest absolute Gasteiger partial charge is 0.336 e. The van der Waals surface area contributed by atoms with Gasteiger partial charge >= 0.3 is 0 Å². The van der Waals surface area contributed by atoms with Gasteiger partial charge < -0.3 is 4.57 Å². The van der Waals surface area contributed by atoms with E-state index in [4.69, 9.17) is 5.26 Å². The zero-order valence-electron chi connectivity index (χ0n) is 15.0. The second-order valence-electron chi connectivity index (χ2n) is 8.26. The lowest BCUT2D eigenvalue weighted by atomic mass is 9.34. The van der Waals surface area contributed by atoms with Gasteiger partial charge in [0, 0.05) is 31.4 Å². The van der Waals surface area contributed by atoms with E-state index in [1.807, 2.05) is 10.6 Å². The van der Waals surface area contributed by atoms with E-state index in [2.05, 4.69) is 10.1 Å². The molecule has 2 heterocycles. The number of aromatic nitrogens is 2. The first kappa shape index (κ1) is 17.0. The number of hydrogen-bond acceptors (Lipinski definition) is 4. The number of hydrazone groups is 1. The number of halogens is 2. The summed E-state index contributed by atoms with van der Waals surface area (Å²) >= 11 is 0. The Morgan fingerprint density at radius 2 is 1.96 bits per heavy atom. The number of carbonyl (C=O) groups excluding carboxylic acids is 1. The predicted octanol–water partition coefficient (Wildman–Crippen LogP) is 3.16. The highest BCUT2D eigenvalue weighted by Gasteiger charge is 2.72. The molecule has 1 atom stereocenters. The van der Waals surface area contributed by atoms with Crippen LogP contribution in [0.2, 0.25) is 0 Å². The molecule has 3 fully saturated rings. The summed E-state index contributed by atoms with van der Waals surface area (Å²) in [6, 6.07) is 4.90. The van der Waals surface area contributed by atoms with Gasteiger partial charge in [-0.05, 0) is 42.4 Å². The summed E-state index contributed by atoms with van der Waals surface area (Å²) in [5, 5.41) is 14.5. The summed E-state index contributed by atoms with van der Waals surface area (Å²) in [6.45, 7) is 0.735. The van der Waals surface area contributed by atoms with Crippen LogP contribution >= 0.6 is 0 Å². The molecule has 142 valence electrons. The molecule has 0 radical (unpaired) electrons. The van der Waals surface area contributed by atoms with Gasteiger partial charge in [-0.2, -0.15) is 10.4 Å². The van der Waals surface area contributed by atoms with Crippen molar-refractivity contribution in [2.45, 2.75) is 38.3 Å². The highest BCUT2D eigenvalue weighted by atomic mass is 19.1. The molecule has 2 aromatic rings. The zero-order valence-corrected chi connectivity index (χ0v) is 15.0. The minimum absolute atomic E-state index is 0.0625. The normalized spacial score (nSPS) is 29.9. The first-order chi connectivity index (χ1) is 13.4. The molecule has 0 saturated heterocycles. The second kappa shape index (κ2) is 5.71. The summed E-state index contributed by atoms with van der Waals surface area (Å²) in [6.07, 6.45) is 7.71. The Kier molecular flexibility index (Phi) is 3.48. The van der Waals surface area contributed by atoms with Gasteiger partial charge in [-0.25, -0.2) is 18.8 Å². The van der Waals surface area contributed by atoms with Gasteiger partial charge in [0.2, 0.25) is 5.91 Å². The molecular weight excluding hydrogens is 364 g/mol. The van der Waals surface area contributed by atoms with Gasteiger partial charge in [0.25, 0.3) is 0 Å². The third kappa shape index (κ3) is 2.46. The molecule has 1 aliphatic heterocycles. The minimum atomic E-state index is -0.657. The summed E-state index contributed by atoms with van der Waals surface area (Å²) in [7, 11) is 0. The Balaban J connectivity index is 1.29. The fraction of sp³-hybridized carbons (Fsp3) is 0.400. The Morgan fingerprint density at radius 1 is 1.25 bits per heavy atom. The van der Waals surface area contributed by atoms with E-state index in [1.54, 1.807) is 18.7 Å². The van der Waals surface area contributed by atoms with Crippen LogP contribution in [0.5, 0.6) is 0 Å². The third-order valence-corrected chi connectivity index (χ3v) is 6.17. The van der Waals surface area contributed by atoms with E-state index in [0.717, 1.165) is 31.9 Å².